The fourth-order valence-corrected chi connectivity index (χ4v) is 3.84. The second-order valence-corrected chi connectivity index (χ2v) is 8.14. The fraction of sp³-hybridized carbons (Fsp3) is 0.391. The summed E-state index contributed by atoms with van der Waals surface area (Å²) in [4.78, 5) is 26.7. The average Bonchev–Trinajstić information content (AvgIpc) is 3.41. The van der Waals surface area contributed by atoms with Crippen molar-refractivity contribution >= 4 is 23.4 Å². The summed E-state index contributed by atoms with van der Waals surface area (Å²) in [5, 5.41) is 3.60. The standard InChI is InChI=1S/C23H25ClN2O3/c24-21-6-2-1-4-17(21)14-22(27)26-13-3-5-19(26)15-29-20-11-7-16(8-12-20)23(28)25-18-9-10-18/h1-2,4,6-8,11-12,18-19H,3,5,9-10,13-15H2,(H,25,28). The molecule has 2 aromatic carbocycles. The summed E-state index contributed by atoms with van der Waals surface area (Å²) in [6.07, 6.45) is 4.35. The van der Waals surface area contributed by atoms with Gasteiger partial charge in [-0.05, 0) is 61.6 Å². The topological polar surface area (TPSA) is 58.6 Å². The molecule has 0 spiro atoms. The van der Waals surface area contributed by atoms with Crippen LogP contribution >= 0.6 is 11.6 Å². The molecule has 2 aliphatic rings. The first kappa shape index (κ1) is 19.8. The Hall–Kier alpha value is -2.53. The van der Waals surface area contributed by atoms with Crippen molar-refractivity contribution in [2.24, 2.45) is 0 Å². The molecule has 6 heteroatoms. The Morgan fingerprint density at radius 3 is 2.55 bits per heavy atom. The van der Waals surface area contributed by atoms with Gasteiger partial charge in [-0.25, -0.2) is 0 Å². The van der Waals surface area contributed by atoms with Crippen LogP contribution in [-0.4, -0.2) is 41.9 Å². The summed E-state index contributed by atoms with van der Waals surface area (Å²) >= 11 is 6.19. The van der Waals surface area contributed by atoms with E-state index in [2.05, 4.69) is 5.32 Å². The van der Waals surface area contributed by atoms with Crippen molar-refractivity contribution in [3.8, 4) is 5.75 Å². The van der Waals surface area contributed by atoms with E-state index < -0.39 is 0 Å². The molecule has 1 saturated carbocycles. The van der Waals surface area contributed by atoms with Crippen molar-refractivity contribution in [1.82, 2.24) is 10.2 Å². The van der Waals surface area contributed by atoms with Gasteiger partial charge in [-0.2, -0.15) is 0 Å². The number of hydrogen-bond acceptors (Lipinski definition) is 3. The highest BCUT2D eigenvalue weighted by molar-refractivity contribution is 6.31. The van der Waals surface area contributed by atoms with Crippen molar-refractivity contribution in [2.45, 2.75) is 44.2 Å². The lowest BCUT2D eigenvalue weighted by Crippen LogP contribution is -2.39. The van der Waals surface area contributed by atoms with Crippen LogP contribution in [0.25, 0.3) is 0 Å². The number of benzene rings is 2. The van der Waals surface area contributed by atoms with E-state index in [0.29, 0.717) is 35.4 Å². The van der Waals surface area contributed by atoms with Crippen LogP contribution in [0.5, 0.6) is 5.75 Å². The van der Waals surface area contributed by atoms with Gasteiger partial charge in [0.2, 0.25) is 5.91 Å². The monoisotopic (exact) mass is 412 g/mol. The molecular weight excluding hydrogens is 388 g/mol. The second kappa shape index (κ2) is 8.87. The lowest BCUT2D eigenvalue weighted by molar-refractivity contribution is -0.131. The number of carbonyl (C=O) groups is 2. The van der Waals surface area contributed by atoms with E-state index in [1.165, 1.54) is 0 Å². The molecular formula is C23H25ClN2O3. The number of rotatable bonds is 7. The molecule has 4 rings (SSSR count). The van der Waals surface area contributed by atoms with Crippen LogP contribution in [0.1, 0.15) is 41.6 Å². The van der Waals surface area contributed by atoms with E-state index in [9.17, 15) is 9.59 Å². The van der Waals surface area contributed by atoms with Crippen molar-refractivity contribution in [2.75, 3.05) is 13.2 Å². The van der Waals surface area contributed by atoms with Crippen LogP contribution in [0.4, 0.5) is 0 Å². The third-order valence-electron chi connectivity index (χ3n) is 5.47. The van der Waals surface area contributed by atoms with E-state index in [1.54, 1.807) is 12.1 Å². The lowest BCUT2D eigenvalue weighted by Gasteiger charge is -2.25. The number of hydrogen-bond donors (Lipinski definition) is 1. The van der Waals surface area contributed by atoms with Gasteiger partial charge in [0.25, 0.3) is 5.91 Å². The Morgan fingerprint density at radius 1 is 1.07 bits per heavy atom. The first-order valence-electron chi connectivity index (χ1n) is 10.2. The maximum absolute atomic E-state index is 12.8. The maximum Gasteiger partial charge on any atom is 0.251 e. The van der Waals surface area contributed by atoms with Gasteiger partial charge in [-0.15, -0.1) is 0 Å². The first-order chi connectivity index (χ1) is 14.1. The predicted molar refractivity (Wildman–Crippen MR) is 112 cm³/mol. The smallest absolute Gasteiger partial charge is 0.251 e. The molecule has 1 aliphatic carbocycles. The zero-order valence-electron chi connectivity index (χ0n) is 16.3. The molecule has 1 atom stereocenters. The van der Waals surface area contributed by atoms with Gasteiger partial charge in [0.05, 0.1) is 12.5 Å². The van der Waals surface area contributed by atoms with E-state index in [0.717, 1.165) is 37.8 Å². The van der Waals surface area contributed by atoms with Gasteiger partial charge in [0, 0.05) is 23.2 Å². The summed E-state index contributed by atoms with van der Waals surface area (Å²) in [5.74, 6) is 0.751. The molecule has 1 N–H and O–H groups in total. The van der Waals surface area contributed by atoms with Crippen molar-refractivity contribution in [1.29, 1.82) is 0 Å². The Balaban J connectivity index is 1.31. The van der Waals surface area contributed by atoms with Gasteiger partial charge < -0.3 is 15.0 Å². The molecule has 0 radical (unpaired) electrons. The number of carbonyl (C=O) groups excluding carboxylic acids is 2. The highest BCUT2D eigenvalue weighted by Crippen LogP contribution is 2.23. The molecule has 1 heterocycles. The molecule has 0 bridgehead atoms. The zero-order valence-corrected chi connectivity index (χ0v) is 17.0. The third kappa shape index (κ3) is 5.10. The maximum atomic E-state index is 12.8. The molecule has 2 fully saturated rings. The molecule has 152 valence electrons. The van der Waals surface area contributed by atoms with Crippen LogP contribution in [0.3, 0.4) is 0 Å². The lowest BCUT2D eigenvalue weighted by atomic mass is 10.1. The average molecular weight is 413 g/mol. The van der Waals surface area contributed by atoms with Gasteiger partial charge in [-0.1, -0.05) is 29.8 Å². The Kier molecular flexibility index (Phi) is 6.05. The highest BCUT2D eigenvalue weighted by atomic mass is 35.5. The summed E-state index contributed by atoms with van der Waals surface area (Å²) in [6.45, 7) is 1.19. The van der Waals surface area contributed by atoms with E-state index in [1.807, 2.05) is 41.3 Å². The third-order valence-corrected chi connectivity index (χ3v) is 5.84. The number of amides is 2. The normalized spacial score (nSPS) is 18.5. The number of nitrogens with zero attached hydrogens (tertiary/aromatic N) is 1. The molecule has 2 aromatic rings. The van der Waals surface area contributed by atoms with Gasteiger partial charge in [0.1, 0.15) is 12.4 Å². The highest BCUT2D eigenvalue weighted by Gasteiger charge is 2.29. The molecule has 2 amide bonds. The SMILES string of the molecule is O=C(NC1CC1)c1ccc(OCC2CCCN2C(=O)Cc2ccccc2Cl)cc1. The quantitative estimate of drug-likeness (QED) is 0.751. The van der Waals surface area contributed by atoms with E-state index in [-0.39, 0.29) is 17.9 Å². The van der Waals surface area contributed by atoms with Crippen molar-refractivity contribution in [3.05, 3.63) is 64.7 Å². The fourth-order valence-electron chi connectivity index (χ4n) is 3.63. The minimum Gasteiger partial charge on any atom is -0.491 e. The number of ether oxygens (including phenoxy) is 1. The van der Waals surface area contributed by atoms with Gasteiger partial charge in [-0.3, -0.25) is 9.59 Å². The van der Waals surface area contributed by atoms with Gasteiger partial charge >= 0.3 is 0 Å². The summed E-state index contributed by atoms with van der Waals surface area (Å²) in [7, 11) is 0. The predicted octanol–water partition coefficient (Wildman–Crippen LogP) is 3.84. The van der Waals surface area contributed by atoms with Gasteiger partial charge in [0.15, 0.2) is 0 Å². The van der Waals surface area contributed by atoms with Crippen LogP contribution in [0, 0.1) is 0 Å². The van der Waals surface area contributed by atoms with Crippen LogP contribution in [0.15, 0.2) is 48.5 Å². The summed E-state index contributed by atoms with van der Waals surface area (Å²) in [6, 6.07) is 15.0. The molecule has 1 saturated heterocycles. The Morgan fingerprint density at radius 2 is 1.83 bits per heavy atom. The summed E-state index contributed by atoms with van der Waals surface area (Å²) < 4.78 is 5.92. The summed E-state index contributed by atoms with van der Waals surface area (Å²) in [5.41, 5.74) is 1.49. The van der Waals surface area contributed by atoms with Crippen molar-refractivity contribution in [3.63, 3.8) is 0 Å². The van der Waals surface area contributed by atoms with E-state index in [4.69, 9.17) is 16.3 Å². The van der Waals surface area contributed by atoms with Crippen LogP contribution in [0.2, 0.25) is 5.02 Å². The molecule has 0 aromatic heterocycles. The van der Waals surface area contributed by atoms with Crippen LogP contribution < -0.4 is 10.1 Å². The zero-order chi connectivity index (χ0) is 20.2. The molecule has 5 nitrogen and oxygen atoms in total. The second-order valence-electron chi connectivity index (χ2n) is 7.73. The number of likely N-dealkylation sites (tertiary alicyclic amines) is 1. The minimum atomic E-state index is -0.0359. The Bertz CT molecular complexity index is 880. The first-order valence-corrected chi connectivity index (χ1v) is 10.5. The molecule has 29 heavy (non-hydrogen) atoms. The number of nitrogens with one attached hydrogen (secondary N) is 1. The molecule has 1 unspecified atom stereocenters. The minimum absolute atomic E-state index is 0.0359. The number of halogens is 1. The Labute approximate surface area is 176 Å². The van der Waals surface area contributed by atoms with Crippen LogP contribution in [-0.2, 0) is 11.2 Å². The largest absolute Gasteiger partial charge is 0.491 e. The van der Waals surface area contributed by atoms with Crippen molar-refractivity contribution < 1.29 is 14.3 Å². The molecule has 1 aliphatic heterocycles. The van der Waals surface area contributed by atoms with E-state index >= 15 is 0 Å².